The van der Waals surface area contributed by atoms with E-state index in [1.54, 1.807) is 6.07 Å². The molecule has 4 rings (SSSR count). The van der Waals surface area contributed by atoms with Gasteiger partial charge in [-0.3, -0.25) is 14.9 Å². The lowest BCUT2D eigenvalue weighted by atomic mass is 9.97. The number of hydrogen-bond acceptors (Lipinski definition) is 6. The van der Waals surface area contributed by atoms with Crippen molar-refractivity contribution in [3.63, 3.8) is 0 Å². The molecule has 0 saturated carbocycles. The highest BCUT2D eigenvalue weighted by molar-refractivity contribution is 8.15. The standard InChI is InChI=1S/C16H11Cl2N3O3S/c17-12-11(6-19-21-14(12)18)24-8-2-4-9-7(5-8)1-3-10(9)13-15(22)20-16(23)25-13/h2,4-6,10,13H,1,3H2,(H,20,22,23). The van der Waals surface area contributed by atoms with E-state index in [-0.39, 0.29) is 32.5 Å². The molecule has 0 spiro atoms. The topological polar surface area (TPSA) is 81.2 Å². The molecule has 1 aromatic carbocycles. The number of rotatable bonds is 3. The maximum Gasteiger partial charge on any atom is 0.286 e. The van der Waals surface area contributed by atoms with E-state index in [0.717, 1.165) is 35.7 Å². The largest absolute Gasteiger partial charge is 0.454 e. The van der Waals surface area contributed by atoms with Gasteiger partial charge in [-0.1, -0.05) is 41.0 Å². The quantitative estimate of drug-likeness (QED) is 0.846. The summed E-state index contributed by atoms with van der Waals surface area (Å²) < 4.78 is 5.76. The lowest BCUT2D eigenvalue weighted by molar-refractivity contribution is -0.119. The predicted octanol–water partition coefficient (Wildman–Crippen LogP) is 3.96. The number of hydrogen-bond donors (Lipinski definition) is 1. The van der Waals surface area contributed by atoms with Crippen molar-refractivity contribution in [1.29, 1.82) is 0 Å². The van der Waals surface area contributed by atoms with Gasteiger partial charge in [-0.15, -0.1) is 5.10 Å². The minimum atomic E-state index is -0.363. The third-order valence-electron chi connectivity index (χ3n) is 4.27. The molecule has 2 aliphatic rings. The van der Waals surface area contributed by atoms with Crippen LogP contribution in [0.3, 0.4) is 0 Å². The van der Waals surface area contributed by atoms with E-state index < -0.39 is 0 Å². The van der Waals surface area contributed by atoms with Crippen molar-refractivity contribution in [3.05, 3.63) is 45.7 Å². The number of benzene rings is 1. The first-order valence-electron chi connectivity index (χ1n) is 7.52. The second-order valence-corrected chi connectivity index (χ2v) is 7.59. The Balaban J connectivity index is 1.58. The Morgan fingerprint density at radius 1 is 1.28 bits per heavy atom. The van der Waals surface area contributed by atoms with Crippen LogP contribution in [0.15, 0.2) is 24.4 Å². The van der Waals surface area contributed by atoms with Crippen LogP contribution in [-0.4, -0.2) is 26.6 Å². The van der Waals surface area contributed by atoms with E-state index in [4.69, 9.17) is 27.9 Å². The number of carbonyl (C=O) groups excluding carboxylic acids is 2. The van der Waals surface area contributed by atoms with Gasteiger partial charge in [-0.25, -0.2) is 0 Å². The van der Waals surface area contributed by atoms with E-state index in [2.05, 4.69) is 15.5 Å². The monoisotopic (exact) mass is 395 g/mol. The second kappa shape index (κ2) is 6.48. The third-order valence-corrected chi connectivity index (χ3v) is 6.11. The summed E-state index contributed by atoms with van der Waals surface area (Å²) in [7, 11) is 0. The summed E-state index contributed by atoms with van der Waals surface area (Å²) >= 11 is 13.0. The summed E-state index contributed by atoms with van der Waals surface area (Å²) in [4.78, 5) is 23.4. The lowest BCUT2D eigenvalue weighted by Gasteiger charge is -2.16. The fourth-order valence-corrected chi connectivity index (χ4v) is 4.44. The molecule has 128 valence electrons. The van der Waals surface area contributed by atoms with Crippen molar-refractivity contribution in [3.8, 4) is 11.5 Å². The zero-order valence-electron chi connectivity index (χ0n) is 12.7. The van der Waals surface area contributed by atoms with Crippen molar-refractivity contribution >= 4 is 46.1 Å². The summed E-state index contributed by atoms with van der Waals surface area (Å²) in [6.07, 6.45) is 3.04. The number of halogens is 2. The van der Waals surface area contributed by atoms with Crippen molar-refractivity contribution in [2.75, 3.05) is 0 Å². The molecule has 9 heteroatoms. The van der Waals surface area contributed by atoms with E-state index in [0.29, 0.717) is 11.5 Å². The fourth-order valence-electron chi connectivity index (χ4n) is 3.17. The zero-order chi connectivity index (χ0) is 17.6. The minimum absolute atomic E-state index is 0.0288. The summed E-state index contributed by atoms with van der Waals surface area (Å²) in [5.41, 5.74) is 2.17. The van der Waals surface area contributed by atoms with Gasteiger partial charge in [-0.2, -0.15) is 5.10 Å². The number of carbonyl (C=O) groups is 2. The maximum atomic E-state index is 11.9. The Labute approximate surface area is 157 Å². The second-order valence-electron chi connectivity index (χ2n) is 5.74. The summed E-state index contributed by atoms with van der Waals surface area (Å²) in [5, 5.41) is 9.35. The Kier molecular flexibility index (Phi) is 4.31. The highest BCUT2D eigenvalue weighted by Gasteiger charge is 2.41. The number of amides is 2. The number of thioether (sulfide) groups is 1. The van der Waals surface area contributed by atoms with Crippen LogP contribution in [0.5, 0.6) is 11.5 Å². The zero-order valence-corrected chi connectivity index (χ0v) is 15.0. The van der Waals surface area contributed by atoms with Crippen molar-refractivity contribution in [2.24, 2.45) is 0 Å². The maximum absolute atomic E-state index is 11.9. The highest BCUT2D eigenvalue weighted by atomic mass is 35.5. The molecular weight excluding hydrogens is 385 g/mol. The Hall–Kier alpha value is -1.83. The van der Waals surface area contributed by atoms with E-state index in [1.165, 1.54) is 6.20 Å². The van der Waals surface area contributed by atoms with Crippen LogP contribution in [0.25, 0.3) is 0 Å². The molecule has 1 fully saturated rings. The van der Waals surface area contributed by atoms with Crippen molar-refractivity contribution in [1.82, 2.24) is 15.5 Å². The molecule has 2 atom stereocenters. The molecule has 1 aliphatic carbocycles. The molecule has 1 aliphatic heterocycles. The van der Waals surface area contributed by atoms with Crippen LogP contribution in [0.1, 0.15) is 23.5 Å². The normalized spacial score (nSPS) is 22.0. The molecule has 2 aromatic rings. The number of nitrogens with one attached hydrogen (secondary N) is 1. The average molecular weight is 396 g/mol. The summed E-state index contributed by atoms with van der Waals surface area (Å²) in [6, 6.07) is 5.66. The van der Waals surface area contributed by atoms with Gasteiger partial charge in [-0.05, 0) is 36.1 Å². The number of imide groups is 1. The number of ether oxygens (including phenoxy) is 1. The van der Waals surface area contributed by atoms with Gasteiger partial charge in [0, 0.05) is 5.92 Å². The van der Waals surface area contributed by atoms with Crippen molar-refractivity contribution < 1.29 is 14.3 Å². The SMILES string of the molecule is O=C1NC(=O)C(C2CCc3cc(Oc4cnnc(Cl)c4Cl)ccc32)S1. The first-order valence-corrected chi connectivity index (χ1v) is 9.15. The number of nitrogens with zero attached hydrogens (tertiary/aromatic N) is 2. The smallest absolute Gasteiger partial charge is 0.286 e. The molecule has 0 radical (unpaired) electrons. The Morgan fingerprint density at radius 2 is 2.12 bits per heavy atom. The summed E-state index contributed by atoms with van der Waals surface area (Å²) in [5.74, 6) is 0.746. The lowest BCUT2D eigenvalue weighted by Crippen LogP contribution is -2.27. The van der Waals surface area contributed by atoms with E-state index >= 15 is 0 Å². The number of aromatic nitrogens is 2. The molecule has 6 nitrogen and oxygen atoms in total. The molecule has 1 aromatic heterocycles. The van der Waals surface area contributed by atoms with Gasteiger partial charge < -0.3 is 4.74 Å². The van der Waals surface area contributed by atoms with Gasteiger partial charge in [0.2, 0.25) is 5.91 Å². The van der Waals surface area contributed by atoms with Crippen LogP contribution >= 0.6 is 35.0 Å². The third kappa shape index (κ3) is 3.07. The molecule has 0 bridgehead atoms. The van der Waals surface area contributed by atoms with Crippen LogP contribution in [0.4, 0.5) is 4.79 Å². The van der Waals surface area contributed by atoms with Gasteiger partial charge in [0.05, 0.1) is 6.20 Å². The van der Waals surface area contributed by atoms with Crippen molar-refractivity contribution in [2.45, 2.75) is 24.0 Å². The average Bonchev–Trinajstić information content (AvgIpc) is 3.14. The van der Waals surface area contributed by atoms with Gasteiger partial charge in [0.1, 0.15) is 16.0 Å². The van der Waals surface area contributed by atoms with Crippen LogP contribution < -0.4 is 10.1 Å². The first-order chi connectivity index (χ1) is 12.0. The molecule has 2 unspecified atom stereocenters. The van der Waals surface area contributed by atoms with Gasteiger partial charge >= 0.3 is 0 Å². The Bertz CT molecular complexity index is 893. The molecular formula is C16H11Cl2N3O3S. The van der Waals surface area contributed by atoms with Crippen LogP contribution in [0.2, 0.25) is 10.2 Å². The molecule has 25 heavy (non-hydrogen) atoms. The number of aryl methyl sites for hydroxylation is 1. The predicted molar refractivity (Wildman–Crippen MR) is 94.5 cm³/mol. The van der Waals surface area contributed by atoms with E-state index in [9.17, 15) is 9.59 Å². The fraction of sp³-hybridized carbons (Fsp3) is 0.250. The van der Waals surface area contributed by atoms with Gasteiger partial charge in [0.25, 0.3) is 5.24 Å². The molecule has 2 heterocycles. The van der Waals surface area contributed by atoms with Crippen LogP contribution in [-0.2, 0) is 11.2 Å². The van der Waals surface area contributed by atoms with Crippen LogP contribution in [0, 0.1) is 0 Å². The number of fused-ring (bicyclic) bond motifs is 1. The highest BCUT2D eigenvalue weighted by Crippen LogP contribution is 2.43. The van der Waals surface area contributed by atoms with E-state index in [1.807, 2.05) is 12.1 Å². The van der Waals surface area contributed by atoms with Gasteiger partial charge in [0.15, 0.2) is 10.9 Å². The first kappa shape index (κ1) is 16.6. The summed E-state index contributed by atoms with van der Waals surface area (Å²) in [6.45, 7) is 0. The molecule has 1 saturated heterocycles. The molecule has 2 amide bonds. The minimum Gasteiger partial charge on any atom is -0.454 e. The molecule has 1 N–H and O–H groups in total. The Morgan fingerprint density at radius 3 is 2.88 bits per heavy atom.